The molecule has 5 N–H and O–H groups in total. The zero-order valence-electron chi connectivity index (χ0n) is 65.4. The van der Waals surface area contributed by atoms with Crippen LogP contribution in [-0.4, -0.2) is 77.4 Å². The molecule has 5 nitrogen and oxygen atoms in total. The molecule has 24 heteroatoms. The summed E-state index contributed by atoms with van der Waals surface area (Å²) in [7, 11) is 5.79. The van der Waals surface area contributed by atoms with Crippen LogP contribution < -0.4 is 93.3 Å². The van der Waals surface area contributed by atoms with Crippen LogP contribution >= 0.6 is 159 Å². The van der Waals surface area contributed by atoms with Gasteiger partial charge in [0.25, 0.3) is 0 Å². The summed E-state index contributed by atoms with van der Waals surface area (Å²) in [5.41, 5.74) is 11.8. The van der Waals surface area contributed by atoms with Gasteiger partial charge in [-0.3, -0.25) is 0 Å². The van der Waals surface area contributed by atoms with Crippen LogP contribution in [0.15, 0.2) is 340 Å². The van der Waals surface area contributed by atoms with Crippen molar-refractivity contribution in [2.45, 2.75) is 80.9 Å². The number of aliphatic hydroxyl groups excluding tert-OH is 1. The summed E-state index contributed by atoms with van der Waals surface area (Å²) in [5, 5.41) is 36.7. The zero-order chi connectivity index (χ0) is 69.7. The van der Waals surface area contributed by atoms with Crippen molar-refractivity contribution in [2.24, 2.45) is 0 Å². The van der Waals surface area contributed by atoms with Crippen molar-refractivity contribution in [3.63, 3.8) is 0 Å². The molecular formula is C90H112B2Cl2N4NaOP4Ru2S8+8. The zero-order valence-corrected chi connectivity index (χ0v) is 83.5. The molecule has 4 aliphatic heterocycles. The second-order valence-corrected chi connectivity index (χ2v) is 39.7. The Balaban J connectivity index is 0.00000191. The third-order valence-electron chi connectivity index (χ3n) is 20.5. The van der Waals surface area contributed by atoms with E-state index in [1.807, 2.05) is 0 Å². The van der Waals surface area contributed by atoms with Crippen molar-refractivity contribution in [1.82, 2.24) is 21.3 Å². The maximum Gasteiger partial charge on any atom is 0.0967 e. The standard InChI is InChI=1S/2C44H42N2P2.C2H6O.2B.2ClH.Na.2Ru.8H2S.2H/c2*1-5-19-37(20-6-1)47(38-21-7-2-8-22-38)31-35-29-33-17-13-15-27-41(33)43(45-35)44-42-28-16-14-18-34(42)30-36(46-44)32-48(39-23-9-3-10-24-39)40-25-11-4-12-26-40;1-2-3;;;;;;;;;;;;;;;;;/h2*1-28,35-36,43-46H,29-32H2;3H,2H2,1H3;;;2*1H;;;;8*1H2;;/q;;;;;;;+1;+2;+4;;;;;;;;;;-1/p+2/t2*35-,36-,43-,44-;;;;;;;;;;;;;;;;;;/m00................../s1. The van der Waals surface area contributed by atoms with E-state index in [0.717, 1.165) is 50.3 Å². The predicted octanol–water partition coefficient (Wildman–Crippen LogP) is 12.8. The Morgan fingerprint density at radius 1 is 0.281 bits per heavy atom. The molecule has 4 heterocycles. The molecule has 0 fully saturated rings. The van der Waals surface area contributed by atoms with Crippen LogP contribution in [0.2, 0.25) is 0 Å². The monoisotopic (exact) mass is 1960 g/mol. The molecule has 0 aromatic heterocycles. The van der Waals surface area contributed by atoms with Gasteiger partial charge in [-0.05, 0) is 174 Å². The van der Waals surface area contributed by atoms with Crippen molar-refractivity contribution < 1.29 is 70.7 Å². The smallest absolute Gasteiger partial charge is 0.0967 e. The van der Waals surface area contributed by atoms with Crippen LogP contribution in [0.25, 0.3) is 0 Å². The Hall–Kier alpha value is -2.08. The van der Waals surface area contributed by atoms with Crippen molar-refractivity contribution in [3.8, 4) is 0 Å². The number of benzene rings is 12. The normalized spacial score (nSPS) is 17.4. The number of hydrogen-bond acceptors (Lipinski definition) is 5. The van der Waals surface area contributed by atoms with Gasteiger partial charge in [-0.15, -0.1) is 0 Å². The minimum absolute atomic E-state index is 0. The fourth-order valence-electron chi connectivity index (χ4n) is 16.1. The molecule has 0 saturated carbocycles. The number of hydrogen-bond donors (Lipinski definition) is 5. The van der Waals surface area contributed by atoms with Gasteiger partial charge in [0.15, 0.2) is 0 Å². The van der Waals surface area contributed by atoms with Gasteiger partial charge in [-0.2, -0.15) is 108 Å². The molecule has 12 aromatic carbocycles. The van der Waals surface area contributed by atoms with E-state index in [1.165, 1.54) is 86.9 Å². The van der Waals surface area contributed by atoms with Crippen molar-refractivity contribution in [3.05, 3.63) is 384 Å². The molecule has 0 spiro atoms. The summed E-state index contributed by atoms with van der Waals surface area (Å²) >= 11 is -0.346. The number of rotatable bonds is 18. The van der Waals surface area contributed by atoms with Gasteiger partial charge in [0, 0.05) is 47.6 Å². The Bertz CT molecular complexity index is 3820. The van der Waals surface area contributed by atoms with Crippen molar-refractivity contribution >= 4 is 218 Å². The van der Waals surface area contributed by atoms with E-state index in [4.69, 9.17) is 24.5 Å². The molecule has 0 bridgehead atoms. The minimum atomic E-state index is -0.979. The van der Waals surface area contributed by atoms with Crippen molar-refractivity contribution in [1.29, 1.82) is 0 Å². The maximum atomic E-state index is 7.57. The van der Waals surface area contributed by atoms with Gasteiger partial charge in [-0.25, -0.2) is 0 Å². The Kier molecular flexibility index (Phi) is 56.0. The largest absolute Gasteiger partial charge is 0.302 e. The summed E-state index contributed by atoms with van der Waals surface area (Å²) in [6.45, 7) is 1.93. The van der Waals surface area contributed by atoms with E-state index in [9.17, 15) is 0 Å². The summed E-state index contributed by atoms with van der Waals surface area (Å²) in [6, 6.07) is 129. The van der Waals surface area contributed by atoms with Crippen LogP contribution in [0.1, 0.15) is 77.0 Å². The summed E-state index contributed by atoms with van der Waals surface area (Å²) in [4.78, 5) is 0. The predicted molar refractivity (Wildman–Crippen MR) is 542 cm³/mol. The van der Waals surface area contributed by atoms with E-state index < -0.39 is 31.7 Å². The molecule has 8 atom stereocenters. The topological polar surface area (TPSA) is 68.3 Å². The maximum absolute atomic E-state index is 7.57. The van der Waals surface area contributed by atoms with Crippen molar-refractivity contribution in [2.75, 3.05) is 31.3 Å². The van der Waals surface area contributed by atoms with Crippen LogP contribution in [-0.2, 0) is 60.3 Å². The molecule has 595 valence electrons. The second kappa shape index (κ2) is 58.1. The molecule has 0 saturated heterocycles. The van der Waals surface area contributed by atoms with Gasteiger partial charge in [-0.1, -0.05) is 243 Å². The Morgan fingerprint density at radius 3 is 0.544 bits per heavy atom. The van der Waals surface area contributed by atoms with E-state index in [1.54, 1.807) is 6.92 Å². The minimum Gasteiger partial charge on any atom is -0.302 e. The average Bonchev–Trinajstić information content (AvgIpc) is 0.765. The van der Waals surface area contributed by atoms with E-state index in [2.05, 4.69) is 361 Å². The van der Waals surface area contributed by atoms with Gasteiger partial charge < -0.3 is 27.8 Å². The van der Waals surface area contributed by atoms with E-state index in [0.29, 0.717) is 24.2 Å². The van der Waals surface area contributed by atoms with E-state index >= 15 is 0 Å². The summed E-state index contributed by atoms with van der Waals surface area (Å²) < 4.78 is 0. The molecule has 0 amide bonds. The molecule has 4 aliphatic rings. The number of aliphatic hydroxyl groups is 1. The van der Waals surface area contributed by atoms with Gasteiger partial charge >= 0.3 is 83.6 Å². The Morgan fingerprint density at radius 2 is 0.404 bits per heavy atom. The quantitative estimate of drug-likeness (QED) is 0.0438. The fraction of sp³-hybridized carbons (Fsp3) is 0.200. The van der Waals surface area contributed by atoms with Crippen LogP contribution in [0, 0.1) is 0 Å². The van der Waals surface area contributed by atoms with Crippen LogP contribution in [0.3, 0.4) is 0 Å². The molecule has 0 aliphatic carbocycles. The molecular weight excluding hydrogens is 1850 g/mol. The molecule has 114 heavy (non-hydrogen) atoms. The molecule has 6 radical (unpaired) electrons. The average molecular weight is 1960 g/mol. The Labute approximate surface area is 797 Å². The van der Waals surface area contributed by atoms with Gasteiger partial charge in [0.05, 0.1) is 123 Å². The third kappa shape index (κ3) is 29.6. The van der Waals surface area contributed by atoms with Gasteiger partial charge in [0.2, 0.25) is 0 Å². The first-order chi connectivity index (χ1) is 50.4. The first kappa shape index (κ1) is 110. The number of nitrogens with one attached hydrogen (secondary N) is 4. The SMILES string of the molecule is CCO.S.S.S.S.S.S.S.S.[B].[B].[Cl][Ru+2][Cl].[H-].[Na+].[RuH+2].c1ccc([PH+](C[C@@H]2Cc3ccccc3[C@@H]([C@H]3N[C@H](C[PH+](c4ccccc4)c4ccccc4)Cc4ccccc43)N2)c2ccccc2)cc1.c1ccc([PH+](C[C@@H]2Cc3ccccc3[C@@H]([C@H]3N[C@H](C[PH+](c4ccccc4)c4ccccc4)Cc4ccccc43)N2)c2ccccc2)cc1. The summed E-state index contributed by atoms with van der Waals surface area (Å²) in [6.07, 6.45) is 8.85. The van der Waals surface area contributed by atoms with Gasteiger partial charge in [0.1, 0.15) is 0 Å². The fourth-order valence-corrected chi connectivity index (χ4v) is 27.1. The molecule has 12 aromatic rings. The third-order valence-corrected chi connectivity index (χ3v) is 32.4. The summed E-state index contributed by atoms with van der Waals surface area (Å²) in [5.74, 6) is 0. The van der Waals surface area contributed by atoms with Crippen LogP contribution in [0.5, 0.6) is 0 Å². The molecule has 16 rings (SSSR count). The number of fused-ring (bicyclic) bond motifs is 4. The second-order valence-electron chi connectivity index (χ2n) is 27.0. The first-order valence-electron chi connectivity index (χ1n) is 36.1. The van der Waals surface area contributed by atoms with E-state index in [-0.39, 0.29) is 221 Å². The number of halogens is 2. The first-order valence-corrected chi connectivity index (χ1v) is 47.4. The molecule has 0 unspecified atom stereocenters. The van der Waals surface area contributed by atoms with Crippen LogP contribution in [0.4, 0.5) is 0 Å².